The van der Waals surface area contributed by atoms with Crippen molar-refractivity contribution in [2.45, 2.75) is 41.0 Å². The highest BCUT2D eigenvalue weighted by Gasteiger charge is 2.56. The Hall–Kier alpha value is -0.850. The molecule has 0 aromatic heterocycles. The monoisotopic (exact) mass is 218 g/mol. The molecule has 0 aromatic rings. The molecule has 88 valence electrons. The van der Waals surface area contributed by atoms with Crippen molar-refractivity contribution in [2.75, 3.05) is 0 Å². The summed E-state index contributed by atoms with van der Waals surface area (Å²) in [5, 5.41) is 0. The number of carbonyl (C=O) groups excluding carboxylic acids is 1. The van der Waals surface area contributed by atoms with Crippen molar-refractivity contribution in [1.82, 2.24) is 0 Å². The fourth-order valence-corrected chi connectivity index (χ4v) is 3.53. The lowest BCUT2D eigenvalue weighted by Gasteiger charge is -2.49. The summed E-state index contributed by atoms with van der Waals surface area (Å²) in [7, 11) is 0. The van der Waals surface area contributed by atoms with Crippen LogP contribution in [0.5, 0.6) is 0 Å². The average molecular weight is 218 g/mol. The van der Waals surface area contributed by atoms with Gasteiger partial charge in [-0.2, -0.15) is 0 Å². The molecule has 0 spiro atoms. The Kier molecular flexibility index (Phi) is 2.24. The lowest BCUT2D eigenvalue weighted by molar-refractivity contribution is -0.106. The molecule has 1 heteroatoms. The van der Waals surface area contributed by atoms with Crippen molar-refractivity contribution in [3.05, 3.63) is 23.8 Å². The molecular weight excluding hydrogens is 196 g/mol. The van der Waals surface area contributed by atoms with Crippen LogP contribution in [0.2, 0.25) is 0 Å². The second-order valence-corrected chi connectivity index (χ2v) is 6.72. The van der Waals surface area contributed by atoms with Gasteiger partial charge in [-0.3, -0.25) is 4.79 Å². The first-order chi connectivity index (χ1) is 7.25. The van der Waals surface area contributed by atoms with Gasteiger partial charge >= 0.3 is 0 Å². The van der Waals surface area contributed by atoms with Crippen LogP contribution in [0.25, 0.3) is 0 Å². The Balaban J connectivity index is 2.59. The number of allylic oxidation sites excluding steroid dienone is 4. The van der Waals surface area contributed by atoms with Gasteiger partial charge in [0.2, 0.25) is 0 Å². The van der Waals surface area contributed by atoms with Gasteiger partial charge in [0.05, 0.1) is 0 Å². The molecule has 0 fully saturated rings. The predicted octanol–water partition coefficient (Wildman–Crippen LogP) is 3.76. The van der Waals surface area contributed by atoms with Crippen LogP contribution in [0, 0.1) is 22.2 Å². The highest BCUT2D eigenvalue weighted by molar-refractivity contribution is 5.77. The van der Waals surface area contributed by atoms with Crippen molar-refractivity contribution >= 4 is 6.29 Å². The van der Waals surface area contributed by atoms with Crippen molar-refractivity contribution in [2.24, 2.45) is 22.2 Å². The molecule has 2 aliphatic rings. The molecule has 16 heavy (non-hydrogen) atoms. The number of fused-ring (bicyclic) bond motifs is 1. The molecule has 0 heterocycles. The third-order valence-electron chi connectivity index (χ3n) is 5.14. The molecule has 0 aromatic carbocycles. The average Bonchev–Trinajstić information content (AvgIpc) is 2.35. The van der Waals surface area contributed by atoms with Gasteiger partial charge < -0.3 is 0 Å². The number of rotatable bonds is 1. The quantitative estimate of drug-likeness (QED) is 0.484. The van der Waals surface area contributed by atoms with E-state index in [2.05, 4.69) is 52.8 Å². The fourth-order valence-electron chi connectivity index (χ4n) is 3.53. The van der Waals surface area contributed by atoms with Crippen LogP contribution in [0.3, 0.4) is 0 Å². The number of carbonyl (C=O) groups is 1. The van der Waals surface area contributed by atoms with Gasteiger partial charge in [-0.05, 0) is 23.3 Å². The second kappa shape index (κ2) is 3.09. The van der Waals surface area contributed by atoms with Crippen LogP contribution in [-0.2, 0) is 4.79 Å². The van der Waals surface area contributed by atoms with E-state index in [0.29, 0.717) is 5.92 Å². The first kappa shape index (κ1) is 11.6. The van der Waals surface area contributed by atoms with E-state index in [-0.39, 0.29) is 16.2 Å². The Morgan fingerprint density at radius 3 is 2.38 bits per heavy atom. The van der Waals surface area contributed by atoms with Crippen LogP contribution in [0.1, 0.15) is 41.0 Å². The summed E-state index contributed by atoms with van der Waals surface area (Å²) in [5.41, 5.74) is 1.27. The number of aldehydes is 1. The molecule has 0 bridgehead atoms. The lowest BCUT2D eigenvalue weighted by atomic mass is 9.54. The standard InChI is InChI=1S/C15H22O/c1-13(2)7-6-8-15(5)12(13)9-11(10-16)14(15,3)4/h6,8-10,12H,7H2,1-5H3. The van der Waals surface area contributed by atoms with Crippen molar-refractivity contribution in [3.63, 3.8) is 0 Å². The van der Waals surface area contributed by atoms with Crippen LogP contribution in [-0.4, -0.2) is 6.29 Å². The van der Waals surface area contributed by atoms with Gasteiger partial charge in [0.1, 0.15) is 6.29 Å². The maximum Gasteiger partial charge on any atom is 0.146 e. The fraction of sp³-hybridized carbons (Fsp3) is 0.667. The maximum absolute atomic E-state index is 11.2. The van der Waals surface area contributed by atoms with E-state index in [0.717, 1.165) is 18.3 Å². The Morgan fingerprint density at radius 1 is 1.25 bits per heavy atom. The van der Waals surface area contributed by atoms with Gasteiger partial charge in [-0.25, -0.2) is 0 Å². The first-order valence-corrected chi connectivity index (χ1v) is 6.11. The van der Waals surface area contributed by atoms with E-state index in [4.69, 9.17) is 0 Å². The smallest absolute Gasteiger partial charge is 0.146 e. The predicted molar refractivity (Wildman–Crippen MR) is 67.1 cm³/mol. The molecule has 0 saturated heterocycles. The molecule has 0 radical (unpaired) electrons. The largest absolute Gasteiger partial charge is 0.298 e. The van der Waals surface area contributed by atoms with E-state index in [1.54, 1.807) is 0 Å². The van der Waals surface area contributed by atoms with Crippen LogP contribution in [0.15, 0.2) is 23.8 Å². The van der Waals surface area contributed by atoms with Crippen LogP contribution in [0.4, 0.5) is 0 Å². The third kappa shape index (κ3) is 1.20. The molecule has 2 rings (SSSR count). The SMILES string of the molecule is CC1(C)CC=CC2(C)C1C=C(C=O)C2(C)C. The number of hydrogen-bond acceptors (Lipinski definition) is 1. The minimum atomic E-state index is -0.0480. The molecule has 2 aliphatic carbocycles. The van der Waals surface area contributed by atoms with Crippen molar-refractivity contribution in [1.29, 1.82) is 0 Å². The van der Waals surface area contributed by atoms with E-state index in [1.165, 1.54) is 0 Å². The third-order valence-corrected chi connectivity index (χ3v) is 5.14. The van der Waals surface area contributed by atoms with Crippen molar-refractivity contribution in [3.8, 4) is 0 Å². The number of hydrogen-bond donors (Lipinski definition) is 0. The summed E-state index contributed by atoms with van der Waals surface area (Å²) < 4.78 is 0. The van der Waals surface area contributed by atoms with Crippen molar-refractivity contribution < 1.29 is 4.79 Å². The van der Waals surface area contributed by atoms with E-state index >= 15 is 0 Å². The molecule has 1 nitrogen and oxygen atoms in total. The molecular formula is C15H22O. The van der Waals surface area contributed by atoms with Crippen LogP contribution < -0.4 is 0 Å². The summed E-state index contributed by atoms with van der Waals surface area (Å²) in [5.74, 6) is 0.472. The summed E-state index contributed by atoms with van der Waals surface area (Å²) in [6.07, 6.45) is 8.99. The molecule has 2 atom stereocenters. The van der Waals surface area contributed by atoms with Gasteiger partial charge in [0.15, 0.2) is 0 Å². The van der Waals surface area contributed by atoms with Crippen LogP contribution >= 0.6 is 0 Å². The summed E-state index contributed by atoms with van der Waals surface area (Å²) in [4.78, 5) is 11.2. The van der Waals surface area contributed by atoms with E-state index < -0.39 is 0 Å². The summed E-state index contributed by atoms with van der Waals surface area (Å²) in [6.45, 7) is 11.3. The zero-order valence-electron chi connectivity index (χ0n) is 11.0. The Bertz CT molecular complexity index is 384. The minimum Gasteiger partial charge on any atom is -0.298 e. The molecule has 0 N–H and O–H groups in total. The van der Waals surface area contributed by atoms with Gasteiger partial charge in [0, 0.05) is 10.8 Å². The second-order valence-electron chi connectivity index (χ2n) is 6.72. The molecule has 0 saturated carbocycles. The van der Waals surface area contributed by atoms with Gasteiger partial charge in [-0.1, -0.05) is 52.8 Å². The van der Waals surface area contributed by atoms with Gasteiger partial charge in [0.25, 0.3) is 0 Å². The molecule has 2 unspecified atom stereocenters. The molecule has 0 amide bonds. The Labute approximate surface area is 98.6 Å². The first-order valence-electron chi connectivity index (χ1n) is 6.11. The lowest BCUT2D eigenvalue weighted by Crippen LogP contribution is -2.43. The minimum absolute atomic E-state index is 0.0480. The zero-order chi connectivity index (χ0) is 12.2. The van der Waals surface area contributed by atoms with E-state index in [1.807, 2.05) is 0 Å². The maximum atomic E-state index is 11.2. The summed E-state index contributed by atoms with van der Waals surface area (Å²) >= 11 is 0. The highest BCUT2D eigenvalue weighted by atomic mass is 16.1. The normalized spacial score (nSPS) is 39.1. The topological polar surface area (TPSA) is 17.1 Å². The highest BCUT2D eigenvalue weighted by Crippen LogP contribution is 2.63. The zero-order valence-corrected chi connectivity index (χ0v) is 11.0. The molecule has 0 aliphatic heterocycles. The Morgan fingerprint density at radius 2 is 1.88 bits per heavy atom. The summed E-state index contributed by atoms with van der Waals surface area (Å²) in [6, 6.07) is 0. The van der Waals surface area contributed by atoms with E-state index in [9.17, 15) is 4.79 Å². The van der Waals surface area contributed by atoms with Gasteiger partial charge in [-0.15, -0.1) is 0 Å².